The van der Waals surface area contributed by atoms with Crippen molar-refractivity contribution in [3.8, 4) is 0 Å². The molecule has 1 aliphatic heterocycles. The Morgan fingerprint density at radius 3 is 2.75 bits per heavy atom. The van der Waals surface area contributed by atoms with Crippen LogP contribution >= 0.6 is 0 Å². The number of hydrogen-bond acceptors (Lipinski definition) is 3. The van der Waals surface area contributed by atoms with E-state index in [2.05, 4.69) is 4.90 Å². The molecule has 0 amide bonds. The van der Waals surface area contributed by atoms with Crippen molar-refractivity contribution in [3.05, 3.63) is 0 Å². The molecule has 70 valence electrons. The van der Waals surface area contributed by atoms with Gasteiger partial charge in [-0.15, -0.1) is 0 Å². The van der Waals surface area contributed by atoms with Crippen LogP contribution in [0.2, 0.25) is 0 Å². The molecule has 1 aliphatic carbocycles. The lowest BCUT2D eigenvalue weighted by molar-refractivity contribution is 0.0358. The van der Waals surface area contributed by atoms with Gasteiger partial charge in [0, 0.05) is 12.1 Å². The quantitative estimate of drug-likeness (QED) is 0.639. The zero-order valence-corrected chi connectivity index (χ0v) is 7.54. The summed E-state index contributed by atoms with van der Waals surface area (Å²) in [5.74, 6) is 5.12. The predicted octanol–water partition coefficient (Wildman–Crippen LogP) is 0.894. The van der Waals surface area contributed by atoms with Gasteiger partial charge in [-0.2, -0.15) is 0 Å². The molecule has 12 heavy (non-hydrogen) atoms. The standard InChI is InChI=1S/C9H18N2O/c10-12-7-9-3-1-2-6-11(9)8-4-5-8/h8-9H,1-7,10H2. The summed E-state index contributed by atoms with van der Waals surface area (Å²) in [5, 5.41) is 0. The lowest BCUT2D eigenvalue weighted by Gasteiger charge is -2.35. The molecule has 3 heteroatoms. The molecular formula is C9H18N2O. The third-order valence-electron chi connectivity index (χ3n) is 2.98. The summed E-state index contributed by atoms with van der Waals surface area (Å²) in [5.41, 5.74) is 0. The SMILES string of the molecule is NOCC1CCCCN1C1CC1. The minimum Gasteiger partial charge on any atom is -0.303 e. The zero-order valence-electron chi connectivity index (χ0n) is 7.54. The fourth-order valence-electron chi connectivity index (χ4n) is 2.20. The second kappa shape index (κ2) is 3.73. The van der Waals surface area contributed by atoms with Crippen molar-refractivity contribution in [2.75, 3.05) is 13.2 Å². The molecule has 0 aromatic rings. The molecule has 1 saturated carbocycles. The number of likely N-dealkylation sites (tertiary alicyclic amines) is 1. The van der Waals surface area contributed by atoms with Gasteiger partial charge in [-0.1, -0.05) is 6.42 Å². The summed E-state index contributed by atoms with van der Waals surface area (Å²) >= 11 is 0. The van der Waals surface area contributed by atoms with Crippen LogP contribution < -0.4 is 5.90 Å². The molecule has 1 atom stereocenters. The second-order valence-electron chi connectivity index (χ2n) is 3.95. The van der Waals surface area contributed by atoms with Gasteiger partial charge in [-0.3, -0.25) is 4.90 Å². The number of hydrogen-bond donors (Lipinski definition) is 1. The minimum absolute atomic E-state index is 0.608. The van der Waals surface area contributed by atoms with Gasteiger partial charge in [0.25, 0.3) is 0 Å². The van der Waals surface area contributed by atoms with Crippen molar-refractivity contribution in [1.82, 2.24) is 4.90 Å². The number of piperidine rings is 1. The van der Waals surface area contributed by atoms with Gasteiger partial charge < -0.3 is 4.84 Å². The molecule has 2 fully saturated rings. The van der Waals surface area contributed by atoms with E-state index in [1.807, 2.05) is 0 Å². The first-order valence-electron chi connectivity index (χ1n) is 4.99. The van der Waals surface area contributed by atoms with E-state index in [0.29, 0.717) is 6.04 Å². The summed E-state index contributed by atoms with van der Waals surface area (Å²) < 4.78 is 0. The van der Waals surface area contributed by atoms with Gasteiger partial charge >= 0.3 is 0 Å². The maximum Gasteiger partial charge on any atom is 0.0834 e. The van der Waals surface area contributed by atoms with Crippen LogP contribution in [-0.2, 0) is 4.84 Å². The summed E-state index contributed by atoms with van der Waals surface area (Å²) in [6.45, 7) is 1.98. The first-order valence-corrected chi connectivity index (χ1v) is 4.99. The Hall–Kier alpha value is -0.120. The van der Waals surface area contributed by atoms with Crippen LogP contribution in [0.3, 0.4) is 0 Å². The van der Waals surface area contributed by atoms with Gasteiger partial charge in [0.05, 0.1) is 6.61 Å². The average molecular weight is 170 g/mol. The van der Waals surface area contributed by atoms with Gasteiger partial charge in [0.15, 0.2) is 0 Å². The van der Waals surface area contributed by atoms with Crippen molar-refractivity contribution in [3.63, 3.8) is 0 Å². The summed E-state index contributed by atoms with van der Waals surface area (Å²) in [7, 11) is 0. The van der Waals surface area contributed by atoms with E-state index in [1.54, 1.807) is 0 Å². The van der Waals surface area contributed by atoms with Crippen LogP contribution in [0, 0.1) is 0 Å². The van der Waals surface area contributed by atoms with E-state index >= 15 is 0 Å². The number of rotatable bonds is 3. The fourth-order valence-corrected chi connectivity index (χ4v) is 2.20. The van der Waals surface area contributed by atoms with E-state index in [1.165, 1.54) is 38.6 Å². The average Bonchev–Trinajstić information content (AvgIpc) is 2.89. The van der Waals surface area contributed by atoms with Crippen LogP contribution in [0.5, 0.6) is 0 Å². The van der Waals surface area contributed by atoms with Gasteiger partial charge in [-0.25, -0.2) is 5.90 Å². The molecule has 2 aliphatic rings. The molecular weight excluding hydrogens is 152 g/mol. The molecule has 1 heterocycles. The summed E-state index contributed by atoms with van der Waals surface area (Å²) in [4.78, 5) is 7.34. The highest BCUT2D eigenvalue weighted by molar-refractivity contribution is 4.90. The second-order valence-corrected chi connectivity index (χ2v) is 3.95. The van der Waals surface area contributed by atoms with E-state index in [0.717, 1.165) is 12.6 Å². The summed E-state index contributed by atoms with van der Waals surface area (Å²) in [6.07, 6.45) is 6.75. The van der Waals surface area contributed by atoms with Gasteiger partial charge in [-0.05, 0) is 32.2 Å². The first-order chi connectivity index (χ1) is 5.92. The monoisotopic (exact) mass is 170 g/mol. The Morgan fingerprint density at radius 1 is 1.25 bits per heavy atom. The smallest absolute Gasteiger partial charge is 0.0834 e. The highest BCUT2D eigenvalue weighted by Gasteiger charge is 2.35. The maximum absolute atomic E-state index is 5.12. The highest BCUT2D eigenvalue weighted by atomic mass is 16.6. The number of nitrogens with zero attached hydrogens (tertiary/aromatic N) is 1. The normalized spacial score (nSPS) is 32.2. The van der Waals surface area contributed by atoms with Crippen LogP contribution in [0.25, 0.3) is 0 Å². The Bertz CT molecular complexity index is 145. The Balaban J connectivity index is 1.87. The van der Waals surface area contributed by atoms with Crippen molar-refractivity contribution >= 4 is 0 Å². The zero-order chi connectivity index (χ0) is 8.39. The molecule has 1 unspecified atom stereocenters. The molecule has 0 bridgehead atoms. The molecule has 0 aromatic heterocycles. The first kappa shape index (κ1) is 8.48. The van der Waals surface area contributed by atoms with Crippen LogP contribution in [0.15, 0.2) is 0 Å². The van der Waals surface area contributed by atoms with E-state index in [-0.39, 0.29) is 0 Å². The van der Waals surface area contributed by atoms with Crippen molar-refractivity contribution in [2.45, 2.75) is 44.2 Å². The van der Waals surface area contributed by atoms with Crippen molar-refractivity contribution in [2.24, 2.45) is 5.90 Å². The van der Waals surface area contributed by atoms with E-state index in [9.17, 15) is 0 Å². The van der Waals surface area contributed by atoms with E-state index in [4.69, 9.17) is 10.7 Å². The molecule has 2 N–H and O–H groups in total. The molecule has 0 radical (unpaired) electrons. The van der Waals surface area contributed by atoms with Crippen LogP contribution in [-0.4, -0.2) is 30.1 Å². The Kier molecular flexibility index (Phi) is 2.63. The van der Waals surface area contributed by atoms with Crippen LogP contribution in [0.4, 0.5) is 0 Å². The molecule has 2 rings (SSSR count). The maximum atomic E-state index is 5.12. The topological polar surface area (TPSA) is 38.5 Å². The van der Waals surface area contributed by atoms with Gasteiger partial charge in [0.1, 0.15) is 0 Å². The Morgan fingerprint density at radius 2 is 2.08 bits per heavy atom. The lowest BCUT2D eigenvalue weighted by atomic mass is 10.0. The fraction of sp³-hybridized carbons (Fsp3) is 1.00. The molecule has 0 spiro atoms. The van der Waals surface area contributed by atoms with Gasteiger partial charge in [0.2, 0.25) is 0 Å². The highest BCUT2D eigenvalue weighted by Crippen LogP contribution is 2.32. The largest absolute Gasteiger partial charge is 0.303 e. The lowest BCUT2D eigenvalue weighted by Crippen LogP contribution is -2.44. The third kappa shape index (κ3) is 1.79. The van der Waals surface area contributed by atoms with Crippen molar-refractivity contribution < 1.29 is 4.84 Å². The minimum atomic E-state index is 0.608. The number of nitrogens with two attached hydrogens (primary N) is 1. The molecule has 3 nitrogen and oxygen atoms in total. The predicted molar refractivity (Wildman–Crippen MR) is 47.5 cm³/mol. The van der Waals surface area contributed by atoms with Crippen LogP contribution in [0.1, 0.15) is 32.1 Å². The Labute approximate surface area is 73.8 Å². The molecule has 0 aromatic carbocycles. The van der Waals surface area contributed by atoms with E-state index < -0.39 is 0 Å². The third-order valence-corrected chi connectivity index (χ3v) is 2.98. The summed E-state index contributed by atoms with van der Waals surface area (Å²) in [6, 6.07) is 1.47. The molecule has 1 saturated heterocycles. The van der Waals surface area contributed by atoms with Crippen molar-refractivity contribution in [1.29, 1.82) is 0 Å².